The van der Waals surface area contributed by atoms with Gasteiger partial charge in [0.05, 0.1) is 32.2 Å². The van der Waals surface area contributed by atoms with Crippen LogP contribution >= 0.6 is 0 Å². The van der Waals surface area contributed by atoms with Crippen LogP contribution in [-0.4, -0.2) is 131 Å². The monoisotopic (exact) mass is 838 g/mol. The molecule has 31 heteroatoms. The Morgan fingerprint density at radius 1 is 0.462 bits per heavy atom. The molecule has 308 valence electrons. The highest BCUT2D eigenvalue weighted by molar-refractivity contribution is 7.87. The predicted octanol–water partition coefficient (Wildman–Crippen LogP) is 4.41. The van der Waals surface area contributed by atoms with Gasteiger partial charge in [-0.2, -0.15) is 87.4 Å². The maximum atomic E-state index is 12.6. The number of hydrogen-bond acceptors (Lipinski definition) is 11. The number of carbonyl (C=O) groups excluding carboxylic acids is 3. The van der Waals surface area contributed by atoms with Crippen molar-refractivity contribution in [3.8, 4) is 0 Å². The van der Waals surface area contributed by atoms with Gasteiger partial charge in [0.15, 0.2) is 5.25 Å². The summed E-state index contributed by atoms with van der Waals surface area (Å²) in [6, 6.07) is 0. The molecular formula is C21H20F18O12S. The summed E-state index contributed by atoms with van der Waals surface area (Å²) in [6.07, 6.45) is -52.1. The molecule has 0 fully saturated rings. The fourth-order valence-electron chi connectivity index (χ4n) is 3.30. The van der Waals surface area contributed by atoms with Gasteiger partial charge in [0.1, 0.15) is 19.8 Å². The van der Waals surface area contributed by atoms with E-state index in [4.69, 9.17) is 0 Å². The van der Waals surface area contributed by atoms with Crippen LogP contribution in [-0.2, 0) is 52.9 Å². The average molecular weight is 838 g/mol. The molecule has 0 radical (unpaired) electrons. The smallest absolute Gasteiger partial charge is 0.423 e. The number of esters is 3. The summed E-state index contributed by atoms with van der Waals surface area (Å²) in [5, 5.41) is -3.57. The molecule has 0 aromatic rings. The van der Waals surface area contributed by atoms with Crippen LogP contribution in [0.2, 0.25) is 0 Å². The second kappa shape index (κ2) is 18.3. The molecule has 1 N–H and O–H groups in total. The Hall–Kier alpha value is -3.06. The summed E-state index contributed by atoms with van der Waals surface area (Å²) in [5.74, 6) is -10.2. The lowest BCUT2D eigenvalue weighted by Gasteiger charge is -2.25. The van der Waals surface area contributed by atoms with Crippen LogP contribution in [0.3, 0.4) is 0 Å². The van der Waals surface area contributed by atoms with Crippen molar-refractivity contribution in [3.63, 3.8) is 0 Å². The molecule has 0 bridgehead atoms. The minimum absolute atomic E-state index is 1.59. The first-order valence-corrected chi connectivity index (χ1v) is 14.2. The normalized spacial score (nSPS) is 15.2. The number of rotatable bonds is 18. The van der Waals surface area contributed by atoms with Gasteiger partial charge in [0, 0.05) is 0 Å². The standard InChI is InChI=1S/C21H20F18O12S/c22-16(23,24)13(17(25,26)27)49-4-1-46-9(40)7-8(11(41)47-2-5-50-14(18(28,29)30)19(31,32)33)10(52(43,44)45)12(42)48-3-6-51-15(20(34,35)36)21(37,38)39/h8,10,13-15H,1-7H2,(H,43,44,45). The Morgan fingerprint density at radius 3 is 1.00 bits per heavy atom. The molecule has 0 saturated heterocycles. The molecule has 0 aromatic heterocycles. The number of ether oxygens (including phenoxy) is 6. The van der Waals surface area contributed by atoms with Crippen LogP contribution in [0.1, 0.15) is 6.42 Å². The van der Waals surface area contributed by atoms with Crippen molar-refractivity contribution in [1.29, 1.82) is 0 Å². The van der Waals surface area contributed by atoms with Crippen LogP contribution < -0.4 is 0 Å². The van der Waals surface area contributed by atoms with E-state index in [1.54, 1.807) is 0 Å². The predicted molar refractivity (Wildman–Crippen MR) is 122 cm³/mol. The van der Waals surface area contributed by atoms with E-state index in [9.17, 15) is 106 Å². The number of carbonyl (C=O) groups is 3. The SMILES string of the molecule is O=C(CC(C(=O)OCCOC(C(F)(F)F)C(F)(F)F)C(C(=O)OCCOC(C(F)(F)F)C(F)(F)F)S(=O)(=O)O)OCCOC(C(F)(F)F)C(F)(F)F. The summed E-state index contributed by atoms with van der Waals surface area (Å²) < 4.78 is 282. The number of hydrogen-bond donors (Lipinski definition) is 1. The van der Waals surface area contributed by atoms with Crippen molar-refractivity contribution >= 4 is 28.0 Å². The topological polar surface area (TPSA) is 161 Å². The fourth-order valence-corrected chi connectivity index (χ4v) is 4.23. The van der Waals surface area contributed by atoms with Crippen molar-refractivity contribution in [2.45, 2.75) is 67.0 Å². The highest BCUT2D eigenvalue weighted by atomic mass is 32.2. The number of halogens is 18. The largest absolute Gasteiger partial charge is 0.463 e. The van der Waals surface area contributed by atoms with Gasteiger partial charge in [0.2, 0.25) is 18.3 Å². The molecule has 2 unspecified atom stereocenters. The third kappa shape index (κ3) is 17.2. The minimum Gasteiger partial charge on any atom is -0.463 e. The van der Waals surface area contributed by atoms with E-state index in [0.717, 1.165) is 0 Å². The molecular weight excluding hydrogens is 818 g/mol. The van der Waals surface area contributed by atoms with Crippen LogP contribution in [0.5, 0.6) is 0 Å². The van der Waals surface area contributed by atoms with Crippen LogP contribution in [0.4, 0.5) is 79.0 Å². The second-order valence-corrected chi connectivity index (χ2v) is 10.8. The summed E-state index contributed by atoms with van der Waals surface area (Å²) in [6.45, 7) is -10.5. The molecule has 12 nitrogen and oxygen atoms in total. The molecule has 0 aromatic carbocycles. The Kier molecular flexibility index (Phi) is 17.2. The van der Waals surface area contributed by atoms with Crippen LogP contribution in [0, 0.1) is 5.92 Å². The summed E-state index contributed by atoms with van der Waals surface area (Å²) in [7, 11) is -6.19. The third-order valence-electron chi connectivity index (χ3n) is 5.25. The zero-order valence-corrected chi connectivity index (χ0v) is 25.3. The maximum Gasteiger partial charge on any atom is 0.423 e. The first-order valence-electron chi connectivity index (χ1n) is 12.7. The Morgan fingerprint density at radius 2 is 0.731 bits per heavy atom. The van der Waals surface area contributed by atoms with Crippen molar-refractivity contribution in [2.24, 2.45) is 5.92 Å². The molecule has 0 heterocycles. The second-order valence-electron chi connectivity index (χ2n) is 9.30. The molecule has 2 atom stereocenters. The molecule has 0 saturated carbocycles. The average Bonchev–Trinajstić information content (AvgIpc) is 2.86. The van der Waals surface area contributed by atoms with E-state index in [1.165, 1.54) is 0 Å². The maximum absolute atomic E-state index is 12.6. The van der Waals surface area contributed by atoms with Crippen molar-refractivity contribution in [1.82, 2.24) is 0 Å². The summed E-state index contributed by atoms with van der Waals surface area (Å²) >= 11 is 0. The van der Waals surface area contributed by atoms with Gasteiger partial charge in [-0.1, -0.05) is 0 Å². The first kappa shape index (κ1) is 48.9. The quantitative estimate of drug-likeness (QED) is 0.0683. The fraction of sp³-hybridized carbons (Fsp3) is 0.857. The minimum atomic E-state index is -6.19. The van der Waals surface area contributed by atoms with Crippen molar-refractivity contribution in [2.75, 3.05) is 39.6 Å². The Labute approximate surface area is 276 Å². The van der Waals surface area contributed by atoms with E-state index in [0.29, 0.717) is 0 Å². The lowest BCUT2D eigenvalue weighted by atomic mass is 10.0. The van der Waals surface area contributed by atoms with Gasteiger partial charge in [-0.05, 0) is 0 Å². The number of alkyl halides is 18. The Balaban J connectivity index is 6.07. The van der Waals surface area contributed by atoms with E-state index >= 15 is 0 Å². The lowest BCUT2D eigenvalue weighted by molar-refractivity contribution is -0.323. The molecule has 0 amide bonds. The lowest BCUT2D eigenvalue weighted by Crippen LogP contribution is -2.46. The van der Waals surface area contributed by atoms with Crippen LogP contribution in [0.25, 0.3) is 0 Å². The van der Waals surface area contributed by atoms with Crippen molar-refractivity contribution < 1.29 is 135 Å². The van der Waals surface area contributed by atoms with Crippen molar-refractivity contribution in [3.05, 3.63) is 0 Å². The summed E-state index contributed by atoms with van der Waals surface area (Å²) in [4.78, 5) is 37.1. The van der Waals surface area contributed by atoms with Gasteiger partial charge >= 0.3 is 55.0 Å². The molecule has 0 spiro atoms. The first-order chi connectivity index (χ1) is 23.0. The van der Waals surface area contributed by atoms with Gasteiger partial charge in [0.25, 0.3) is 10.1 Å². The van der Waals surface area contributed by atoms with Gasteiger partial charge in [-0.3, -0.25) is 18.9 Å². The third-order valence-corrected chi connectivity index (χ3v) is 6.41. The molecule has 52 heavy (non-hydrogen) atoms. The Bertz CT molecular complexity index is 1230. The molecule has 0 rings (SSSR count). The van der Waals surface area contributed by atoms with E-state index in [-0.39, 0.29) is 0 Å². The molecule has 0 aliphatic rings. The van der Waals surface area contributed by atoms with E-state index in [2.05, 4.69) is 28.4 Å². The van der Waals surface area contributed by atoms with Gasteiger partial charge < -0.3 is 28.4 Å². The zero-order valence-electron chi connectivity index (χ0n) is 24.5. The zero-order chi connectivity index (χ0) is 41.3. The molecule has 0 aliphatic heterocycles. The highest BCUT2D eigenvalue weighted by Gasteiger charge is 2.60. The van der Waals surface area contributed by atoms with E-state index in [1.807, 2.05) is 0 Å². The van der Waals surface area contributed by atoms with Gasteiger partial charge in [-0.25, -0.2) is 0 Å². The van der Waals surface area contributed by atoms with Gasteiger partial charge in [-0.15, -0.1) is 0 Å². The van der Waals surface area contributed by atoms with E-state index < -0.39 is 141 Å². The highest BCUT2D eigenvalue weighted by Crippen LogP contribution is 2.37. The van der Waals surface area contributed by atoms with Crippen LogP contribution in [0.15, 0.2) is 0 Å². The molecule has 0 aliphatic carbocycles. The summed E-state index contributed by atoms with van der Waals surface area (Å²) in [5.41, 5.74) is 0.